The fourth-order valence-electron chi connectivity index (χ4n) is 2.26. The summed E-state index contributed by atoms with van der Waals surface area (Å²) in [6, 6.07) is 19.1. The lowest BCUT2D eigenvalue weighted by Crippen LogP contribution is -2.34. The summed E-state index contributed by atoms with van der Waals surface area (Å²) in [6.45, 7) is -0.395. The van der Waals surface area contributed by atoms with Gasteiger partial charge in [0.15, 0.2) is 6.61 Å². The van der Waals surface area contributed by atoms with E-state index in [0.29, 0.717) is 5.75 Å². The standard InChI is InChI=1S/C18H14BrNO4S/c19-15-6-9-17(10-7-15)25(22,23)20-18(21)12-24-16-8-5-13-3-1-2-4-14(13)11-16/h1-11H,12H2,(H,20,21). The summed E-state index contributed by atoms with van der Waals surface area (Å²) < 4.78 is 32.4. The molecule has 1 amide bonds. The SMILES string of the molecule is O=C(COc1ccc2ccccc2c1)NS(=O)(=O)c1ccc(Br)cc1. The van der Waals surface area contributed by atoms with Crippen molar-refractivity contribution in [1.29, 1.82) is 0 Å². The van der Waals surface area contributed by atoms with Gasteiger partial charge in [0.1, 0.15) is 5.75 Å². The first kappa shape index (κ1) is 17.4. The number of halogens is 1. The molecule has 0 atom stereocenters. The van der Waals surface area contributed by atoms with Crippen molar-refractivity contribution in [2.75, 3.05) is 6.61 Å². The van der Waals surface area contributed by atoms with E-state index in [-0.39, 0.29) is 4.90 Å². The lowest BCUT2D eigenvalue weighted by molar-refractivity contribution is -0.121. The van der Waals surface area contributed by atoms with Crippen LogP contribution < -0.4 is 9.46 Å². The Balaban J connectivity index is 1.64. The second kappa shape index (κ2) is 7.25. The number of carbonyl (C=O) groups excluding carboxylic acids is 1. The zero-order valence-corrected chi connectivity index (χ0v) is 15.4. The third-order valence-corrected chi connectivity index (χ3v) is 5.38. The predicted octanol–water partition coefficient (Wildman–Crippen LogP) is 3.49. The molecule has 0 bridgehead atoms. The molecule has 0 unspecified atom stereocenters. The highest BCUT2D eigenvalue weighted by molar-refractivity contribution is 9.10. The quantitative estimate of drug-likeness (QED) is 0.686. The molecule has 128 valence electrons. The molecule has 5 nitrogen and oxygen atoms in total. The highest BCUT2D eigenvalue weighted by atomic mass is 79.9. The van der Waals surface area contributed by atoms with Crippen molar-refractivity contribution >= 4 is 42.6 Å². The molecular weight excluding hydrogens is 406 g/mol. The van der Waals surface area contributed by atoms with Gasteiger partial charge in [-0.3, -0.25) is 4.79 Å². The number of nitrogens with one attached hydrogen (secondary N) is 1. The summed E-state index contributed by atoms with van der Waals surface area (Å²) in [4.78, 5) is 11.9. The molecule has 0 aliphatic carbocycles. The average molecular weight is 420 g/mol. The molecule has 0 radical (unpaired) electrons. The minimum atomic E-state index is -3.92. The largest absolute Gasteiger partial charge is 0.484 e. The molecule has 0 saturated heterocycles. The minimum Gasteiger partial charge on any atom is -0.484 e. The molecular formula is C18H14BrNO4S. The summed E-state index contributed by atoms with van der Waals surface area (Å²) in [7, 11) is -3.92. The first-order valence-corrected chi connectivity index (χ1v) is 9.64. The average Bonchev–Trinajstić information content (AvgIpc) is 2.60. The van der Waals surface area contributed by atoms with Gasteiger partial charge in [-0.05, 0) is 47.2 Å². The zero-order valence-electron chi connectivity index (χ0n) is 13.0. The molecule has 0 fully saturated rings. The van der Waals surface area contributed by atoms with Crippen LogP contribution in [0.25, 0.3) is 10.8 Å². The van der Waals surface area contributed by atoms with E-state index in [9.17, 15) is 13.2 Å². The number of sulfonamides is 1. The summed E-state index contributed by atoms with van der Waals surface area (Å²) in [5.74, 6) is -0.244. The van der Waals surface area contributed by atoms with Gasteiger partial charge in [0.2, 0.25) is 0 Å². The Morgan fingerprint density at radius 3 is 2.36 bits per heavy atom. The van der Waals surface area contributed by atoms with Gasteiger partial charge in [-0.15, -0.1) is 0 Å². The van der Waals surface area contributed by atoms with Crippen molar-refractivity contribution in [3.8, 4) is 5.75 Å². The van der Waals surface area contributed by atoms with Crippen LogP contribution >= 0.6 is 15.9 Å². The molecule has 1 N–H and O–H groups in total. The van der Waals surface area contributed by atoms with Gasteiger partial charge >= 0.3 is 0 Å². The van der Waals surface area contributed by atoms with Crippen LogP contribution in [-0.4, -0.2) is 20.9 Å². The summed E-state index contributed by atoms with van der Waals surface area (Å²) in [5.41, 5.74) is 0. The molecule has 25 heavy (non-hydrogen) atoms. The maximum atomic E-state index is 12.1. The van der Waals surface area contributed by atoms with Crippen LogP contribution in [0.15, 0.2) is 76.1 Å². The van der Waals surface area contributed by atoms with Crippen LogP contribution in [0.4, 0.5) is 0 Å². The predicted molar refractivity (Wildman–Crippen MR) is 98.9 cm³/mol. The molecule has 0 heterocycles. The van der Waals surface area contributed by atoms with Crippen molar-refractivity contribution in [2.45, 2.75) is 4.90 Å². The topological polar surface area (TPSA) is 72.5 Å². The monoisotopic (exact) mass is 419 g/mol. The van der Waals surface area contributed by atoms with Gasteiger partial charge in [-0.1, -0.05) is 46.3 Å². The van der Waals surface area contributed by atoms with Crippen LogP contribution in [0.5, 0.6) is 5.75 Å². The number of hydrogen-bond acceptors (Lipinski definition) is 4. The second-order valence-corrected chi connectivity index (χ2v) is 7.88. The van der Waals surface area contributed by atoms with Crippen molar-refractivity contribution in [2.24, 2.45) is 0 Å². The van der Waals surface area contributed by atoms with E-state index in [0.717, 1.165) is 15.2 Å². The molecule has 3 aromatic rings. The fraction of sp³-hybridized carbons (Fsp3) is 0.0556. The molecule has 3 aromatic carbocycles. The first-order valence-electron chi connectivity index (χ1n) is 7.37. The van der Waals surface area contributed by atoms with Crippen LogP contribution in [0.1, 0.15) is 0 Å². The van der Waals surface area contributed by atoms with E-state index in [1.807, 2.05) is 35.1 Å². The van der Waals surface area contributed by atoms with Crippen molar-refractivity contribution < 1.29 is 17.9 Å². The smallest absolute Gasteiger partial charge is 0.271 e. The van der Waals surface area contributed by atoms with E-state index < -0.39 is 22.5 Å². The third-order valence-electron chi connectivity index (χ3n) is 3.46. The van der Waals surface area contributed by atoms with Crippen molar-refractivity contribution in [3.05, 3.63) is 71.2 Å². The molecule has 3 rings (SSSR count). The Labute approximate surface area is 153 Å². The van der Waals surface area contributed by atoms with E-state index in [1.165, 1.54) is 12.1 Å². The van der Waals surface area contributed by atoms with Gasteiger partial charge in [0.25, 0.3) is 15.9 Å². The van der Waals surface area contributed by atoms with Crippen LogP contribution in [0.2, 0.25) is 0 Å². The number of amides is 1. The van der Waals surface area contributed by atoms with Crippen molar-refractivity contribution in [3.63, 3.8) is 0 Å². The highest BCUT2D eigenvalue weighted by Gasteiger charge is 2.17. The summed E-state index contributed by atoms with van der Waals surface area (Å²) in [5, 5.41) is 2.03. The molecule has 0 aliphatic rings. The Morgan fingerprint density at radius 2 is 1.64 bits per heavy atom. The van der Waals surface area contributed by atoms with E-state index in [1.54, 1.807) is 24.3 Å². The molecule has 0 aromatic heterocycles. The number of fused-ring (bicyclic) bond motifs is 1. The van der Waals surface area contributed by atoms with Gasteiger partial charge < -0.3 is 4.74 Å². The van der Waals surface area contributed by atoms with E-state index >= 15 is 0 Å². The van der Waals surface area contributed by atoms with Gasteiger partial charge in [0, 0.05) is 4.47 Å². The maximum absolute atomic E-state index is 12.1. The third kappa shape index (κ3) is 4.37. The Hall–Kier alpha value is -2.38. The Morgan fingerprint density at radius 1 is 0.960 bits per heavy atom. The van der Waals surface area contributed by atoms with Gasteiger partial charge in [-0.25, -0.2) is 13.1 Å². The number of hydrogen-bond donors (Lipinski definition) is 1. The van der Waals surface area contributed by atoms with E-state index in [4.69, 9.17) is 4.74 Å². The van der Waals surface area contributed by atoms with E-state index in [2.05, 4.69) is 15.9 Å². The molecule has 7 heteroatoms. The van der Waals surface area contributed by atoms with Crippen LogP contribution in [0.3, 0.4) is 0 Å². The molecule has 0 aliphatic heterocycles. The minimum absolute atomic E-state index is 0.00903. The highest BCUT2D eigenvalue weighted by Crippen LogP contribution is 2.20. The van der Waals surface area contributed by atoms with Crippen LogP contribution in [0, 0.1) is 0 Å². The summed E-state index contributed by atoms with van der Waals surface area (Å²) >= 11 is 3.23. The van der Waals surface area contributed by atoms with Crippen molar-refractivity contribution in [1.82, 2.24) is 4.72 Å². The lowest BCUT2D eigenvalue weighted by Gasteiger charge is -2.09. The molecule has 0 saturated carbocycles. The number of rotatable bonds is 5. The van der Waals surface area contributed by atoms with Gasteiger partial charge in [-0.2, -0.15) is 0 Å². The molecule has 0 spiro atoms. The fourth-order valence-corrected chi connectivity index (χ4v) is 3.49. The zero-order chi connectivity index (χ0) is 17.9. The lowest BCUT2D eigenvalue weighted by atomic mass is 10.1. The van der Waals surface area contributed by atoms with Crippen LogP contribution in [-0.2, 0) is 14.8 Å². The Kier molecular flexibility index (Phi) is 5.06. The number of ether oxygens (including phenoxy) is 1. The normalized spacial score (nSPS) is 11.2. The second-order valence-electron chi connectivity index (χ2n) is 5.28. The Bertz CT molecular complexity index is 1020. The first-order chi connectivity index (χ1) is 11.9. The number of benzene rings is 3. The number of carbonyl (C=O) groups is 1. The maximum Gasteiger partial charge on any atom is 0.271 e. The summed E-state index contributed by atoms with van der Waals surface area (Å²) in [6.07, 6.45) is 0. The van der Waals surface area contributed by atoms with Gasteiger partial charge in [0.05, 0.1) is 4.90 Å².